The van der Waals surface area contributed by atoms with Crippen LogP contribution in [0.4, 0.5) is 13.2 Å². The first kappa shape index (κ1) is 18.3. The molecule has 0 bridgehead atoms. The molecule has 0 aliphatic heterocycles. The van der Waals surface area contributed by atoms with Crippen molar-refractivity contribution in [2.75, 3.05) is 7.05 Å². The Morgan fingerprint density at radius 3 is 2.46 bits per heavy atom. The summed E-state index contributed by atoms with van der Waals surface area (Å²) in [6, 6.07) is 8.57. The summed E-state index contributed by atoms with van der Waals surface area (Å²) < 4.78 is 43.4. The second kappa shape index (κ2) is 7.02. The minimum atomic E-state index is -4.36. The molecule has 2 atom stereocenters. The van der Waals surface area contributed by atoms with Gasteiger partial charge in [0, 0.05) is 25.6 Å². The summed E-state index contributed by atoms with van der Waals surface area (Å²) >= 11 is 0. The smallest absolute Gasteiger partial charge is 0.416 e. The molecule has 1 heterocycles. The van der Waals surface area contributed by atoms with Crippen LogP contribution in [0.3, 0.4) is 0 Å². The fourth-order valence-corrected chi connectivity index (χ4v) is 2.81. The zero-order chi connectivity index (χ0) is 18.9. The standard InChI is InChI=1S/C20H20F3NO2/c1-13-11-17(13)18-9-7-16(26-18)8-10-19(25)24(2)12-14-3-5-15(6-4-14)20(21,22)23/h3-10,13,17H,11-12H2,1-2H3/b10-8+/t13-,17+/m0/s1. The van der Waals surface area contributed by atoms with E-state index in [1.54, 1.807) is 13.1 Å². The van der Waals surface area contributed by atoms with Crippen LogP contribution in [0.1, 0.15) is 41.9 Å². The molecule has 0 unspecified atom stereocenters. The predicted octanol–water partition coefficient (Wildman–Crippen LogP) is 5.09. The Labute approximate surface area is 150 Å². The monoisotopic (exact) mass is 363 g/mol. The van der Waals surface area contributed by atoms with Gasteiger partial charge >= 0.3 is 6.18 Å². The molecule has 1 saturated carbocycles. The molecular weight excluding hydrogens is 343 g/mol. The fraction of sp³-hybridized carbons (Fsp3) is 0.350. The van der Waals surface area contributed by atoms with E-state index in [-0.39, 0.29) is 12.5 Å². The highest BCUT2D eigenvalue weighted by Gasteiger charge is 2.36. The summed E-state index contributed by atoms with van der Waals surface area (Å²) in [7, 11) is 1.60. The van der Waals surface area contributed by atoms with Gasteiger partial charge in [-0.3, -0.25) is 4.79 Å². The van der Waals surface area contributed by atoms with E-state index >= 15 is 0 Å². The number of hydrogen-bond acceptors (Lipinski definition) is 2. The number of halogens is 3. The molecule has 1 fully saturated rings. The Balaban J connectivity index is 1.56. The largest absolute Gasteiger partial charge is 0.461 e. The number of alkyl halides is 3. The molecule has 0 radical (unpaired) electrons. The SMILES string of the molecule is C[C@H]1C[C@H]1c1ccc(/C=C/C(=O)N(C)Cc2ccc(C(F)(F)F)cc2)o1. The first-order valence-corrected chi connectivity index (χ1v) is 8.43. The molecular formula is C20H20F3NO2. The lowest BCUT2D eigenvalue weighted by atomic mass is 10.1. The number of hydrogen-bond donors (Lipinski definition) is 0. The maximum atomic E-state index is 12.6. The summed E-state index contributed by atoms with van der Waals surface area (Å²) in [4.78, 5) is 13.6. The minimum Gasteiger partial charge on any atom is -0.461 e. The second-order valence-electron chi connectivity index (χ2n) is 6.78. The average molecular weight is 363 g/mol. The van der Waals surface area contributed by atoms with E-state index in [1.807, 2.05) is 12.1 Å². The van der Waals surface area contributed by atoms with Crippen molar-refractivity contribution in [3.63, 3.8) is 0 Å². The minimum absolute atomic E-state index is 0.226. The zero-order valence-electron chi connectivity index (χ0n) is 14.6. The van der Waals surface area contributed by atoms with Crippen LogP contribution in [0, 0.1) is 5.92 Å². The van der Waals surface area contributed by atoms with Crippen LogP contribution >= 0.6 is 0 Å². The van der Waals surface area contributed by atoms with E-state index in [2.05, 4.69) is 6.92 Å². The van der Waals surface area contributed by atoms with E-state index in [4.69, 9.17) is 4.42 Å². The molecule has 3 rings (SSSR count). The molecule has 1 amide bonds. The van der Waals surface area contributed by atoms with Crippen LogP contribution in [0.2, 0.25) is 0 Å². The fourth-order valence-electron chi connectivity index (χ4n) is 2.81. The van der Waals surface area contributed by atoms with Crippen molar-refractivity contribution in [2.45, 2.75) is 32.0 Å². The van der Waals surface area contributed by atoms with Crippen molar-refractivity contribution >= 4 is 12.0 Å². The van der Waals surface area contributed by atoms with Crippen LogP contribution < -0.4 is 0 Å². The Bertz CT molecular complexity index is 805. The second-order valence-corrected chi connectivity index (χ2v) is 6.78. The zero-order valence-corrected chi connectivity index (χ0v) is 14.6. The van der Waals surface area contributed by atoms with Crippen LogP contribution in [-0.4, -0.2) is 17.9 Å². The molecule has 26 heavy (non-hydrogen) atoms. The predicted molar refractivity (Wildman–Crippen MR) is 92.2 cm³/mol. The third kappa shape index (κ3) is 4.36. The first-order valence-electron chi connectivity index (χ1n) is 8.43. The van der Waals surface area contributed by atoms with E-state index in [0.29, 0.717) is 23.2 Å². The number of benzene rings is 1. The molecule has 2 aromatic rings. The van der Waals surface area contributed by atoms with Crippen LogP contribution in [0.25, 0.3) is 6.08 Å². The number of carbonyl (C=O) groups is 1. The third-order valence-corrected chi connectivity index (χ3v) is 4.59. The quantitative estimate of drug-likeness (QED) is 0.693. The Morgan fingerprint density at radius 2 is 1.88 bits per heavy atom. The third-order valence-electron chi connectivity index (χ3n) is 4.59. The van der Waals surface area contributed by atoms with Crippen LogP contribution in [0.15, 0.2) is 46.9 Å². The maximum absolute atomic E-state index is 12.6. The molecule has 0 N–H and O–H groups in total. The molecule has 0 saturated heterocycles. The lowest BCUT2D eigenvalue weighted by Gasteiger charge is -2.15. The number of furan rings is 1. The number of likely N-dealkylation sites (N-methyl/N-ethyl adjacent to an activating group) is 1. The number of rotatable bonds is 5. The molecule has 1 aromatic heterocycles. The van der Waals surface area contributed by atoms with Crippen molar-refractivity contribution in [1.82, 2.24) is 4.90 Å². The van der Waals surface area contributed by atoms with Gasteiger partial charge in [0.05, 0.1) is 5.56 Å². The summed E-state index contributed by atoms with van der Waals surface area (Å²) in [5.41, 5.74) is -0.0704. The van der Waals surface area contributed by atoms with E-state index < -0.39 is 11.7 Å². The van der Waals surface area contributed by atoms with Crippen LogP contribution in [-0.2, 0) is 17.5 Å². The summed E-state index contributed by atoms with van der Waals surface area (Å²) in [6.07, 6.45) is -0.209. The lowest BCUT2D eigenvalue weighted by Crippen LogP contribution is -2.24. The van der Waals surface area contributed by atoms with Crippen molar-refractivity contribution in [1.29, 1.82) is 0 Å². The van der Waals surface area contributed by atoms with Gasteiger partial charge in [-0.05, 0) is 48.2 Å². The normalized spacial score (nSPS) is 19.7. The molecule has 3 nitrogen and oxygen atoms in total. The Hall–Kier alpha value is -2.50. The highest BCUT2D eigenvalue weighted by Crippen LogP contribution is 2.47. The van der Waals surface area contributed by atoms with E-state index in [1.165, 1.54) is 23.1 Å². The van der Waals surface area contributed by atoms with Crippen molar-refractivity contribution in [2.24, 2.45) is 5.92 Å². The summed E-state index contributed by atoms with van der Waals surface area (Å²) in [5.74, 6) is 2.45. The summed E-state index contributed by atoms with van der Waals surface area (Å²) in [5, 5.41) is 0. The number of carbonyl (C=O) groups excluding carboxylic acids is 1. The van der Waals surface area contributed by atoms with E-state index in [0.717, 1.165) is 24.3 Å². The molecule has 1 aliphatic rings. The summed E-state index contributed by atoms with van der Waals surface area (Å²) in [6.45, 7) is 2.40. The number of amides is 1. The van der Waals surface area contributed by atoms with Gasteiger partial charge in [0.1, 0.15) is 11.5 Å². The Morgan fingerprint density at radius 1 is 1.23 bits per heavy atom. The van der Waals surface area contributed by atoms with Gasteiger partial charge in [0.15, 0.2) is 0 Å². The van der Waals surface area contributed by atoms with Gasteiger partial charge < -0.3 is 9.32 Å². The van der Waals surface area contributed by atoms with Gasteiger partial charge in [-0.1, -0.05) is 19.1 Å². The van der Waals surface area contributed by atoms with Gasteiger partial charge in [0.25, 0.3) is 0 Å². The molecule has 138 valence electrons. The van der Waals surface area contributed by atoms with Crippen LogP contribution in [0.5, 0.6) is 0 Å². The van der Waals surface area contributed by atoms with Crippen molar-refractivity contribution in [3.05, 3.63) is 65.1 Å². The topological polar surface area (TPSA) is 33.5 Å². The number of nitrogens with zero attached hydrogens (tertiary/aromatic N) is 1. The Kier molecular flexibility index (Phi) is 4.94. The molecule has 1 aromatic carbocycles. The maximum Gasteiger partial charge on any atom is 0.416 e. The molecule has 6 heteroatoms. The lowest BCUT2D eigenvalue weighted by molar-refractivity contribution is -0.137. The first-order chi connectivity index (χ1) is 12.2. The average Bonchev–Trinajstić information content (AvgIpc) is 3.13. The van der Waals surface area contributed by atoms with Crippen molar-refractivity contribution < 1.29 is 22.4 Å². The van der Waals surface area contributed by atoms with Crippen molar-refractivity contribution in [3.8, 4) is 0 Å². The molecule has 0 spiro atoms. The van der Waals surface area contributed by atoms with Gasteiger partial charge in [-0.15, -0.1) is 0 Å². The highest BCUT2D eigenvalue weighted by molar-refractivity contribution is 5.91. The highest BCUT2D eigenvalue weighted by atomic mass is 19.4. The van der Waals surface area contributed by atoms with Gasteiger partial charge in [-0.2, -0.15) is 13.2 Å². The van der Waals surface area contributed by atoms with Gasteiger partial charge in [-0.25, -0.2) is 0 Å². The van der Waals surface area contributed by atoms with E-state index in [9.17, 15) is 18.0 Å². The van der Waals surface area contributed by atoms with Gasteiger partial charge in [0.2, 0.25) is 5.91 Å². The molecule has 1 aliphatic carbocycles.